The molecule has 0 radical (unpaired) electrons. The van der Waals surface area contributed by atoms with Gasteiger partial charge in [0, 0.05) is 25.2 Å². The van der Waals surface area contributed by atoms with Crippen LogP contribution in [0.2, 0.25) is 0 Å². The summed E-state index contributed by atoms with van der Waals surface area (Å²) < 4.78 is 26.5. The molecule has 1 unspecified atom stereocenters. The fraction of sp³-hybridized carbons (Fsp3) is 1.00. The average Bonchev–Trinajstić information content (AvgIpc) is 3.13. The lowest BCUT2D eigenvalue weighted by Crippen LogP contribution is -2.44. The molecule has 0 aromatic heterocycles. The van der Waals surface area contributed by atoms with Crippen molar-refractivity contribution in [2.45, 2.75) is 44.2 Å². The molecule has 18 heavy (non-hydrogen) atoms. The number of hydrogen-bond acceptors (Lipinski definition) is 4. The lowest BCUT2D eigenvalue weighted by Gasteiger charge is -2.23. The SMILES string of the molecule is CN(CCNS(=O)(=O)CC1CCCCN1)C1CC1. The van der Waals surface area contributed by atoms with Crippen LogP contribution in [-0.4, -0.2) is 57.8 Å². The molecule has 1 atom stereocenters. The first-order chi connectivity index (χ1) is 8.57. The van der Waals surface area contributed by atoms with Crippen LogP contribution in [0.4, 0.5) is 0 Å². The molecule has 1 aliphatic heterocycles. The molecule has 6 heteroatoms. The average molecular weight is 275 g/mol. The van der Waals surface area contributed by atoms with Crippen LogP contribution in [0.25, 0.3) is 0 Å². The summed E-state index contributed by atoms with van der Waals surface area (Å²) in [6.07, 6.45) is 5.79. The molecule has 2 N–H and O–H groups in total. The largest absolute Gasteiger partial charge is 0.313 e. The second kappa shape index (κ2) is 6.32. The highest BCUT2D eigenvalue weighted by Crippen LogP contribution is 2.24. The lowest BCUT2D eigenvalue weighted by atomic mass is 10.1. The van der Waals surface area contributed by atoms with Crippen molar-refractivity contribution in [1.29, 1.82) is 0 Å². The number of nitrogens with one attached hydrogen (secondary N) is 2. The van der Waals surface area contributed by atoms with Gasteiger partial charge in [-0.1, -0.05) is 6.42 Å². The number of rotatable bonds is 7. The normalized spacial score (nSPS) is 25.6. The van der Waals surface area contributed by atoms with Crippen LogP contribution in [0.1, 0.15) is 32.1 Å². The molecule has 2 rings (SSSR count). The van der Waals surface area contributed by atoms with Gasteiger partial charge >= 0.3 is 0 Å². The van der Waals surface area contributed by atoms with E-state index in [1.807, 2.05) is 0 Å². The van der Waals surface area contributed by atoms with Crippen LogP contribution >= 0.6 is 0 Å². The number of likely N-dealkylation sites (N-methyl/N-ethyl adjacent to an activating group) is 1. The van der Waals surface area contributed by atoms with Crippen molar-refractivity contribution in [2.24, 2.45) is 0 Å². The van der Waals surface area contributed by atoms with E-state index in [1.54, 1.807) is 0 Å². The van der Waals surface area contributed by atoms with Crippen LogP contribution < -0.4 is 10.0 Å². The molecule has 106 valence electrons. The lowest BCUT2D eigenvalue weighted by molar-refractivity contribution is 0.329. The fourth-order valence-electron chi connectivity index (χ4n) is 2.47. The van der Waals surface area contributed by atoms with E-state index in [-0.39, 0.29) is 11.8 Å². The molecule has 0 amide bonds. The summed E-state index contributed by atoms with van der Waals surface area (Å²) in [6.45, 7) is 2.29. The Kier molecular flexibility index (Phi) is 5.00. The summed E-state index contributed by atoms with van der Waals surface area (Å²) in [5.41, 5.74) is 0. The third-order valence-electron chi connectivity index (χ3n) is 3.79. The summed E-state index contributed by atoms with van der Waals surface area (Å²) in [6, 6.07) is 0.826. The predicted octanol–water partition coefficient (Wildman–Crippen LogP) is 0.142. The zero-order valence-electron chi connectivity index (χ0n) is 11.2. The van der Waals surface area contributed by atoms with E-state index in [2.05, 4.69) is 22.0 Å². The van der Waals surface area contributed by atoms with Crippen molar-refractivity contribution in [3.05, 3.63) is 0 Å². The first kappa shape index (κ1) is 14.2. The van der Waals surface area contributed by atoms with Gasteiger partial charge in [-0.3, -0.25) is 0 Å². The summed E-state index contributed by atoms with van der Waals surface area (Å²) in [5.74, 6) is 0.222. The first-order valence-corrected chi connectivity index (χ1v) is 8.63. The topological polar surface area (TPSA) is 61.4 Å². The van der Waals surface area contributed by atoms with Gasteiger partial charge < -0.3 is 10.2 Å². The molecule has 1 saturated carbocycles. The van der Waals surface area contributed by atoms with Gasteiger partial charge in [0.15, 0.2) is 0 Å². The maximum absolute atomic E-state index is 11.9. The third kappa shape index (κ3) is 4.84. The molecule has 1 aliphatic carbocycles. The predicted molar refractivity (Wildman–Crippen MR) is 73.1 cm³/mol. The molecule has 0 aromatic carbocycles. The smallest absolute Gasteiger partial charge is 0.213 e. The van der Waals surface area contributed by atoms with Gasteiger partial charge in [-0.05, 0) is 39.3 Å². The Hall–Kier alpha value is -0.170. The molecule has 5 nitrogen and oxygen atoms in total. The van der Waals surface area contributed by atoms with Gasteiger partial charge in [0.25, 0.3) is 0 Å². The van der Waals surface area contributed by atoms with E-state index in [0.717, 1.165) is 32.4 Å². The molecular formula is C12H25N3O2S. The van der Waals surface area contributed by atoms with Crippen LogP contribution in [-0.2, 0) is 10.0 Å². The maximum Gasteiger partial charge on any atom is 0.213 e. The van der Waals surface area contributed by atoms with Gasteiger partial charge in [0.05, 0.1) is 5.75 Å². The van der Waals surface area contributed by atoms with Gasteiger partial charge in [-0.15, -0.1) is 0 Å². The van der Waals surface area contributed by atoms with Crippen molar-refractivity contribution in [3.8, 4) is 0 Å². The number of sulfonamides is 1. The molecule has 0 bridgehead atoms. The van der Waals surface area contributed by atoms with Gasteiger partial charge in [-0.25, -0.2) is 13.1 Å². The molecule has 1 heterocycles. The molecule has 1 saturated heterocycles. The van der Waals surface area contributed by atoms with Crippen LogP contribution in [0, 0.1) is 0 Å². The Bertz CT molecular complexity index is 348. The van der Waals surface area contributed by atoms with Crippen LogP contribution in [0.5, 0.6) is 0 Å². The first-order valence-electron chi connectivity index (χ1n) is 6.98. The highest BCUT2D eigenvalue weighted by Gasteiger charge is 2.26. The fourth-order valence-corrected chi connectivity index (χ4v) is 3.80. The van der Waals surface area contributed by atoms with Crippen molar-refractivity contribution >= 4 is 10.0 Å². The molecular weight excluding hydrogens is 250 g/mol. The minimum Gasteiger partial charge on any atom is -0.313 e. The van der Waals surface area contributed by atoms with E-state index in [1.165, 1.54) is 12.8 Å². The molecule has 0 spiro atoms. The monoisotopic (exact) mass is 275 g/mol. The summed E-state index contributed by atoms with van der Waals surface area (Å²) in [7, 11) is -1.06. The highest BCUT2D eigenvalue weighted by molar-refractivity contribution is 7.89. The van der Waals surface area contributed by atoms with E-state index >= 15 is 0 Å². The van der Waals surface area contributed by atoms with Gasteiger partial charge in [0.2, 0.25) is 10.0 Å². The number of piperidine rings is 1. The standard InChI is InChI=1S/C12H25N3O2S/c1-15(12-5-6-12)9-8-14-18(16,17)10-11-4-2-3-7-13-11/h11-14H,2-10H2,1H3. The number of hydrogen-bond donors (Lipinski definition) is 2. The second-order valence-corrected chi connectivity index (χ2v) is 7.39. The van der Waals surface area contributed by atoms with E-state index in [4.69, 9.17) is 0 Å². The molecule has 2 aliphatic rings. The van der Waals surface area contributed by atoms with Crippen LogP contribution in [0.15, 0.2) is 0 Å². The summed E-state index contributed by atoms with van der Waals surface area (Å²) in [5, 5.41) is 3.27. The number of nitrogens with zero attached hydrogens (tertiary/aromatic N) is 1. The summed E-state index contributed by atoms with van der Waals surface area (Å²) >= 11 is 0. The third-order valence-corrected chi connectivity index (χ3v) is 5.27. The molecule has 0 aromatic rings. The Morgan fingerprint density at radius 2 is 2.06 bits per heavy atom. The van der Waals surface area contributed by atoms with Crippen LogP contribution in [0.3, 0.4) is 0 Å². The summed E-state index contributed by atoms with van der Waals surface area (Å²) in [4.78, 5) is 2.24. The van der Waals surface area contributed by atoms with E-state index in [9.17, 15) is 8.42 Å². The maximum atomic E-state index is 11.9. The Labute approximate surface area is 110 Å². The zero-order chi connectivity index (χ0) is 13.0. The molecule has 2 fully saturated rings. The Morgan fingerprint density at radius 1 is 1.28 bits per heavy atom. The van der Waals surface area contributed by atoms with E-state index < -0.39 is 10.0 Å². The Morgan fingerprint density at radius 3 is 2.67 bits per heavy atom. The van der Waals surface area contributed by atoms with Crippen molar-refractivity contribution in [2.75, 3.05) is 32.4 Å². The second-order valence-electron chi connectivity index (χ2n) is 5.53. The van der Waals surface area contributed by atoms with E-state index in [0.29, 0.717) is 12.6 Å². The highest BCUT2D eigenvalue weighted by atomic mass is 32.2. The van der Waals surface area contributed by atoms with Crippen molar-refractivity contribution in [1.82, 2.24) is 14.9 Å². The van der Waals surface area contributed by atoms with Gasteiger partial charge in [-0.2, -0.15) is 0 Å². The Balaban J connectivity index is 1.65. The minimum absolute atomic E-state index is 0.136. The van der Waals surface area contributed by atoms with Crippen molar-refractivity contribution < 1.29 is 8.42 Å². The minimum atomic E-state index is -3.12. The zero-order valence-corrected chi connectivity index (χ0v) is 12.0. The quantitative estimate of drug-likeness (QED) is 0.694. The van der Waals surface area contributed by atoms with Crippen molar-refractivity contribution in [3.63, 3.8) is 0 Å². The van der Waals surface area contributed by atoms with Gasteiger partial charge in [0.1, 0.15) is 0 Å².